The van der Waals surface area contributed by atoms with E-state index < -0.39 is 0 Å². The fourth-order valence-corrected chi connectivity index (χ4v) is 2.91. The normalized spacial score (nSPS) is 12.2. The van der Waals surface area contributed by atoms with Crippen molar-refractivity contribution in [1.29, 1.82) is 0 Å². The van der Waals surface area contributed by atoms with Crippen molar-refractivity contribution in [3.05, 3.63) is 55.2 Å². The molecule has 0 saturated carbocycles. The minimum atomic E-state index is -0.368. The molecule has 1 atom stereocenters. The maximum Gasteiger partial charge on any atom is 0.274 e. The van der Waals surface area contributed by atoms with Gasteiger partial charge in [-0.1, -0.05) is 17.7 Å². The summed E-state index contributed by atoms with van der Waals surface area (Å²) in [6.07, 6.45) is 0. The van der Waals surface area contributed by atoms with Gasteiger partial charge in [0.05, 0.1) is 15.3 Å². The summed E-state index contributed by atoms with van der Waals surface area (Å²) in [6.45, 7) is 3.75. The fraction of sp³-hybridized carbons (Fsp3) is 0.231. The quantitative estimate of drug-likeness (QED) is 0.652. The summed E-state index contributed by atoms with van der Waals surface area (Å²) >= 11 is 7.41. The van der Waals surface area contributed by atoms with Gasteiger partial charge in [-0.2, -0.15) is 0 Å². The highest BCUT2D eigenvalue weighted by Gasteiger charge is 2.15. The van der Waals surface area contributed by atoms with Crippen molar-refractivity contribution < 1.29 is 4.92 Å². The van der Waals surface area contributed by atoms with E-state index >= 15 is 0 Å². The zero-order chi connectivity index (χ0) is 14.0. The van der Waals surface area contributed by atoms with Gasteiger partial charge in [0, 0.05) is 22.2 Å². The van der Waals surface area contributed by atoms with E-state index in [9.17, 15) is 10.1 Å². The molecule has 0 aliphatic rings. The number of nitrogens with one attached hydrogen (secondary N) is 1. The zero-order valence-corrected chi connectivity index (χ0v) is 12.1. The van der Waals surface area contributed by atoms with Gasteiger partial charge in [-0.15, -0.1) is 11.3 Å². The minimum Gasteiger partial charge on any atom is -0.377 e. The van der Waals surface area contributed by atoms with Crippen molar-refractivity contribution in [2.45, 2.75) is 19.9 Å². The maximum absolute atomic E-state index is 10.9. The van der Waals surface area contributed by atoms with Crippen LogP contribution in [0, 0.1) is 17.0 Å². The van der Waals surface area contributed by atoms with Gasteiger partial charge in [0.1, 0.15) is 0 Å². The average Bonchev–Trinajstić information content (AvgIpc) is 2.78. The Labute approximate surface area is 120 Å². The summed E-state index contributed by atoms with van der Waals surface area (Å²) in [5.74, 6) is 0. The molecule has 0 spiro atoms. The van der Waals surface area contributed by atoms with Gasteiger partial charge in [0.2, 0.25) is 0 Å². The molecule has 100 valence electrons. The van der Waals surface area contributed by atoms with Crippen LogP contribution >= 0.6 is 22.9 Å². The number of nitro groups is 1. The van der Waals surface area contributed by atoms with Crippen LogP contribution < -0.4 is 5.32 Å². The Balaban J connectivity index is 2.24. The first-order chi connectivity index (χ1) is 8.99. The molecule has 2 rings (SSSR count). The van der Waals surface area contributed by atoms with Crippen LogP contribution in [0.5, 0.6) is 0 Å². The average molecular weight is 297 g/mol. The highest BCUT2D eigenvalue weighted by Crippen LogP contribution is 2.31. The van der Waals surface area contributed by atoms with Crippen LogP contribution in [-0.2, 0) is 0 Å². The lowest BCUT2D eigenvalue weighted by atomic mass is 10.1. The molecule has 0 aliphatic heterocycles. The summed E-state index contributed by atoms with van der Waals surface area (Å²) in [7, 11) is 0. The zero-order valence-electron chi connectivity index (χ0n) is 10.5. The summed E-state index contributed by atoms with van der Waals surface area (Å²) in [4.78, 5) is 11.6. The minimum absolute atomic E-state index is 0.0539. The monoisotopic (exact) mass is 296 g/mol. The van der Waals surface area contributed by atoms with Crippen LogP contribution in [0.25, 0.3) is 0 Å². The Morgan fingerprint density at radius 3 is 2.68 bits per heavy atom. The van der Waals surface area contributed by atoms with Gasteiger partial charge in [-0.3, -0.25) is 10.1 Å². The first kappa shape index (κ1) is 13.8. The van der Waals surface area contributed by atoms with E-state index in [1.54, 1.807) is 13.0 Å². The van der Waals surface area contributed by atoms with Crippen LogP contribution in [0.3, 0.4) is 0 Å². The predicted molar refractivity (Wildman–Crippen MR) is 79.2 cm³/mol. The molecule has 4 nitrogen and oxygen atoms in total. The Hall–Kier alpha value is -1.59. The molecule has 0 bridgehead atoms. The van der Waals surface area contributed by atoms with Crippen LogP contribution in [0.2, 0.25) is 4.34 Å². The maximum atomic E-state index is 10.9. The third kappa shape index (κ3) is 3.05. The Morgan fingerprint density at radius 2 is 2.11 bits per heavy atom. The molecule has 1 aromatic carbocycles. The highest BCUT2D eigenvalue weighted by atomic mass is 35.5. The number of hydrogen-bond donors (Lipinski definition) is 1. The van der Waals surface area contributed by atoms with Crippen LogP contribution in [0.4, 0.5) is 11.4 Å². The molecule has 1 aromatic heterocycles. The Bertz CT molecular complexity index is 612. The molecule has 6 heteroatoms. The Morgan fingerprint density at radius 1 is 1.37 bits per heavy atom. The van der Waals surface area contributed by atoms with Gasteiger partial charge in [0.15, 0.2) is 0 Å². The third-order valence-electron chi connectivity index (χ3n) is 2.89. The van der Waals surface area contributed by atoms with Crippen LogP contribution in [0.15, 0.2) is 30.3 Å². The number of hydrogen-bond acceptors (Lipinski definition) is 4. The lowest BCUT2D eigenvalue weighted by Crippen LogP contribution is -2.07. The number of anilines is 1. The summed E-state index contributed by atoms with van der Waals surface area (Å²) < 4.78 is 0.736. The van der Waals surface area contributed by atoms with Gasteiger partial charge in [-0.05, 0) is 32.0 Å². The standard InChI is InChI=1S/C13H13ClN2O2S/c1-8-10(4-3-5-11(8)16(17)18)15-9(2)12-6-7-13(14)19-12/h3-7,9,15H,1-2H3. The molecule has 0 amide bonds. The number of rotatable bonds is 4. The van der Waals surface area contributed by atoms with Gasteiger partial charge in [-0.25, -0.2) is 0 Å². The lowest BCUT2D eigenvalue weighted by molar-refractivity contribution is -0.385. The van der Waals surface area contributed by atoms with E-state index in [4.69, 9.17) is 11.6 Å². The van der Waals surface area contributed by atoms with Crippen molar-refractivity contribution in [3.63, 3.8) is 0 Å². The first-order valence-corrected chi connectivity index (χ1v) is 6.94. The molecule has 1 N–H and O–H groups in total. The molecule has 2 aromatic rings. The number of nitrogens with zero attached hydrogens (tertiary/aromatic N) is 1. The van der Waals surface area contributed by atoms with Gasteiger partial charge < -0.3 is 5.32 Å². The first-order valence-electron chi connectivity index (χ1n) is 5.75. The summed E-state index contributed by atoms with van der Waals surface area (Å²) in [5.41, 5.74) is 1.54. The Kier molecular flexibility index (Phi) is 4.07. The van der Waals surface area contributed by atoms with E-state index in [1.165, 1.54) is 17.4 Å². The SMILES string of the molecule is Cc1c(NC(C)c2ccc(Cl)s2)cccc1[N+](=O)[O-]. The van der Waals surface area contributed by atoms with Gasteiger partial charge >= 0.3 is 0 Å². The number of thiophene rings is 1. The molecular weight excluding hydrogens is 284 g/mol. The molecule has 0 fully saturated rings. The second kappa shape index (κ2) is 5.59. The van der Waals surface area contributed by atoms with Crippen molar-refractivity contribution in [1.82, 2.24) is 0 Å². The molecule has 1 unspecified atom stereocenters. The fourth-order valence-electron chi connectivity index (χ4n) is 1.84. The smallest absolute Gasteiger partial charge is 0.274 e. The molecule has 0 aliphatic carbocycles. The summed E-state index contributed by atoms with van der Waals surface area (Å²) in [5, 5.41) is 14.2. The largest absolute Gasteiger partial charge is 0.377 e. The van der Waals surface area contributed by atoms with E-state index in [2.05, 4.69) is 5.32 Å². The number of benzene rings is 1. The summed E-state index contributed by atoms with van der Waals surface area (Å²) in [6, 6.07) is 8.89. The van der Waals surface area contributed by atoms with Crippen molar-refractivity contribution in [2.24, 2.45) is 0 Å². The number of halogens is 1. The van der Waals surface area contributed by atoms with Crippen molar-refractivity contribution in [3.8, 4) is 0 Å². The second-order valence-corrected chi connectivity index (χ2v) is 5.96. The predicted octanol–water partition coefficient (Wildman–Crippen LogP) is 4.79. The molecular formula is C13H13ClN2O2S. The van der Waals surface area contributed by atoms with E-state index in [-0.39, 0.29) is 16.7 Å². The lowest BCUT2D eigenvalue weighted by Gasteiger charge is -2.15. The molecule has 19 heavy (non-hydrogen) atoms. The van der Waals surface area contributed by atoms with Crippen LogP contribution in [-0.4, -0.2) is 4.92 Å². The van der Waals surface area contributed by atoms with E-state index in [0.29, 0.717) is 5.56 Å². The highest BCUT2D eigenvalue weighted by molar-refractivity contribution is 7.16. The number of nitro benzene ring substituents is 1. The topological polar surface area (TPSA) is 55.2 Å². The molecule has 0 saturated heterocycles. The van der Waals surface area contributed by atoms with E-state index in [0.717, 1.165) is 14.9 Å². The van der Waals surface area contributed by atoms with E-state index in [1.807, 2.05) is 25.1 Å². The second-order valence-electron chi connectivity index (χ2n) is 4.21. The van der Waals surface area contributed by atoms with Crippen molar-refractivity contribution >= 4 is 34.3 Å². The van der Waals surface area contributed by atoms with Crippen LogP contribution in [0.1, 0.15) is 23.4 Å². The molecule has 1 heterocycles. The van der Waals surface area contributed by atoms with Gasteiger partial charge in [0.25, 0.3) is 5.69 Å². The van der Waals surface area contributed by atoms with Crippen molar-refractivity contribution in [2.75, 3.05) is 5.32 Å². The third-order valence-corrected chi connectivity index (χ3v) is 4.31. The molecule has 0 radical (unpaired) electrons.